The molecule has 1 saturated carbocycles. The first-order valence-corrected chi connectivity index (χ1v) is 8.28. The lowest BCUT2D eigenvalue weighted by molar-refractivity contribution is 0.401. The Morgan fingerprint density at radius 2 is 1.70 bits per heavy atom. The van der Waals surface area contributed by atoms with Crippen molar-refractivity contribution >= 4 is 27.5 Å². The van der Waals surface area contributed by atoms with E-state index in [-0.39, 0.29) is 16.2 Å². The van der Waals surface area contributed by atoms with Gasteiger partial charge >= 0.3 is 0 Å². The van der Waals surface area contributed by atoms with Crippen LogP contribution >= 0.6 is 27.5 Å². The molecule has 0 saturated heterocycles. The summed E-state index contributed by atoms with van der Waals surface area (Å²) in [7, 11) is 1.73. The molecule has 1 atom stereocenters. The molecule has 0 aliphatic heterocycles. The fourth-order valence-corrected chi connectivity index (χ4v) is 5.07. The van der Waals surface area contributed by atoms with Crippen molar-refractivity contribution in [1.29, 1.82) is 0 Å². The van der Waals surface area contributed by atoms with E-state index >= 15 is 0 Å². The molecule has 1 aromatic rings. The van der Waals surface area contributed by atoms with Gasteiger partial charge in [0.05, 0.1) is 12.5 Å². The van der Waals surface area contributed by atoms with Crippen LogP contribution in [0.2, 0.25) is 0 Å². The number of rotatable bonds is 3. The number of ether oxygens (including phenoxy) is 1. The Hall–Kier alpha value is -0.210. The van der Waals surface area contributed by atoms with Crippen LogP contribution < -0.4 is 4.74 Å². The number of aryl methyl sites for hydroxylation is 1. The van der Waals surface area contributed by atoms with Crippen LogP contribution in [0.1, 0.15) is 49.8 Å². The molecule has 1 unspecified atom stereocenters. The molecule has 0 aromatic heterocycles. The smallest absolute Gasteiger partial charge is 0.126 e. The highest BCUT2D eigenvalue weighted by molar-refractivity contribution is 9.10. The fraction of sp³-hybridized carbons (Fsp3) is 0.647. The maximum absolute atomic E-state index is 6.90. The van der Waals surface area contributed by atoms with Crippen LogP contribution in [0.5, 0.6) is 5.75 Å². The third kappa shape index (κ3) is 2.11. The van der Waals surface area contributed by atoms with Crippen molar-refractivity contribution in [2.45, 2.75) is 46.9 Å². The molecular weight excluding hydrogens is 336 g/mol. The minimum absolute atomic E-state index is 0.0221. The summed E-state index contributed by atoms with van der Waals surface area (Å²) >= 11 is 10.5. The van der Waals surface area contributed by atoms with E-state index in [9.17, 15) is 0 Å². The van der Waals surface area contributed by atoms with Gasteiger partial charge in [0, 0.05) is 10.0 Å². The summed E-state index contributed by atoms with van der Waals surface area (Å²) in [6.45, 7) is 13.4. The van der Waals surface area contributed by atoms with E-state index in [0.29, 0.717) is 5.92 Å². The first-order valence-electron chi connectivity index (χ1n) is 7.05. The molecular formula is C17H24BrClO. The van der Waals surface area contributed by atoms with Crippen LogP contribution in [-0.2, 0) is 0 Å². The van der Waals surface area contributed by atoms with Gasteiger partial charge in [0.1, 0.15) is 5.75 Å². The summed E-state index contributed by atoms with van der Waals surface area (Å²) in [6, 6.07) is 2.10. The van der Waals surface area contributed by atoms with E-state index in [1.54, 1.807) is 7.11 Å². The van der Waals surface area contributed by atoms with Crippen LogP contribution in [0.3, 0.4) is 0 Å². The molecule has 0 N–H and O–H groups in total. The molecule has 3 heteroatoms. The van der Waals surface area contributed by atoms with Gasteiger partial charge in [-0.05, 0) is 47.8 Å². The molecule has 0 bridgehead atoms. The third-order valence-corrected chi connectivity index (χ3v) is 6.91. The molecule has 2 rings (SSSR count). The van der Waals surface area contributed by atoms with Gasteiger partial charge in [-0.3, -0.25) is 0 Å². The van der Waals surface area contributed by atoms with Gasteiger partial charge in [-0.15, -0.1) is 11.6 Å². The first kappa shape index (κ1) is 16.2. The Kier molecular flexibility index (Phi) is 3.97. The zero-order valence-electron chi connectivity index (χ0n) is 13.4. The van der Waals surface area contributed by atoms with Gasteiger partial charge in [-0.2, -0.15) is 0 Å². The zero-order chi connectivity index (χ0) is 15.5. The van der Waals surface area contributed by atoms with Gasteiger partial charge in [-0.1, -0.05) is 43.6 Å². The van der Waals surface area contributed by atoms with Crippen LogP contribution in [-0.4, -0.2) is 7.11 Å². The molecule has 0 radical (unpaired) electrons. The van der Waals surface area contributed by atoms with Crippen molar-refractivity contribution in [1.82, 2.24) is 0 Å². The van der Waals surface area contributed by atoms with Gasteiger partial charge in [0.25, 0.3) is 0 Å². The van der Waals surface area contributed by atoms with E-state index < -0.39 is 0 Å². The Morgan fingerprint density at radius 3 is 2.10 bits per heavy atom. The molecule has 1 fully saturated rings. The van der Waals surface area contributed by atoms with E-state index in [1.165, 1.54) is 5.56 Å². The van der Waals surface area contributed by atoms with Gasteiger partial charge in [0.2, 0.25) is 0 Å². The average molecular weight is 360 g/mol. The Morgan fingerprint density at radius 1 is 1.20 bits per heavy atom. The highest BCUT2D eigenvalue weighted by Crippen LogP contribution is 2.74. The van der Waals surface area contributed by atoms with E-state index in [2.05, 4.69) is 63.5 Å². The largest absolute Gasteiger partial charge is 0.496 e. The van der Waals surface area contributed by atoms with Crippen molar-refractivity contribution in [3.63, 3.8) is 0 Å². The second-order valence-electron chi connectivity index (χ2n) is 7.07. The molecule has 20 heavy (non-hydrogen) atoms. The summed E-state index contributed by atoms with van der Waals surface area (Å²) in [5.41, 5.74) is 3.97. The van der Waals surface area contributed by atoms with Crippen LogP contribution in [0.15, 0.2) is 10.5 Å². The minimum atomic E-state index is -0.0221. The minimum Gasteiger partial charge on any atom is -0.496 e. The summed E-state index contributed by atoms with van der Waals surface area (Å²) in [5.74, 6) is 1.39. The van der Waals surface area contributed by atoms with E-state index in [1.807, 2.05) is 0 Å². The molecule has 112 valence electrons. The Bertz CT molecular complexity index is 534. The predicted octanol–water partition coefficient (Wildman–Crippen LogP) is 6.04. The molecule has 1 nitrogen and oxygen atoms in total. The number of hydrogen-bond donors (Lipinski definition) is 0. The van der Waals surface area contributed by atoms with E-state index in [4.69, 9.17) is 16.3 Å². The maximum Gasteiger partial charge on any atom is 0.126 e. The van der Waals surface area contributed by atoms with Crippen molar-refractivity contribution in [2.75, 3.05) is 7.11 Å². The zero-order valence-corrected chi connectivity index (χ0v) is 15.7. The normalized spacial score (nSPS) is 21.6. The fourth-order valence-electron chi connectivity index (χ4n) is 3.62. The molecule has 1 aliphatic carbocycles. The van der Waals surface area contributed by atoms with Crippen LogP contribution in [0.4, 0.5) is 0 Å². The SMILES string of the molecule is COc1c(C)cc(Br)c(C)c1C(Cl)C1C(C)(C)C1(C)C. The Labute approximate surface area is 136 Å². The summed E-state index contributed by atoms with van der Waals surface area (Å²) < 4.78 is 6.75. The number of benzene rings is 1. The van der Waals surface area contributed by atoms with Crippen molar-refractivity contribution < 1.29 is 4.74 Å². The molecule has 1 aliphatic rings. The van der Waals surface area contributed by atoms with Gasteiger partial charge < -0.3 is 4.74 Å². The first-order chi connectivity index (χ1) is 9.07. The second kappa shape index (κ2) is 4.91. The predicted molar refractivity (Wildman–Crippen MR) is 89.8 cm³/mol. The lowest BCUT2D eigenvalue weighted by atomic mass is 9.95. The topological polar surface area (TPSA) is 9.23 Å². The van der Waals surface area contributed by atoms with Crippen molar-refractivity contribution in [2.24, 2.45) is 16.7 Å². The highest BCUT2D eigenvalue weighted by atomic mass is 79.9. The van der Waals surface area contributed by atoms with E-state index in [0.717, 1.165) is 21.3 Å². The lowest BCUT2D eigenvalue weighted by Crippen LogP contribution is -2.06. The Balaban J connectivity index is 2.54. The average Bonchev–Trinajstić information content (AvgIpc) is 2.73. The number of alkyl halides is 1. The highest BCUT2D eigenvalue weighted by Gasteiger charge is 2.67. The summed E-state index contributed by atoms with van der Waals surface area (Å²) in [5, 5.41) is -0.0221. The molecule has 1 aromatic carbocycles. The van der Waals surface area contributed by atoms with Gasteiger partial charge in [-0.25, -0.2) is 0 Å². The maximum atomic E-state index is 6.90. The number of methoxy groups -OCH3 is 1. The van der Waals surface area contributed by atoms with Gasteiger partial charge in [0.15, 0.2) is 0 Å². The van der Waals surface area contributed by atoms with Crippen LogP contribution in [0.25, 0.3) is 0 Å². The third-order valence-electron chi connectivity index (χ3n) is 5.61. The number of hydrogen-bond acceptors (Lipinski definition) is 1. The van der Waals surface area contributed by atoms with Crippen molar-refractivity contribution in [3.05, 3.63) is 27.2 Å². The summed E-state index contributed by atoms with van der Waals surface area (Å²) in [6.07, 6.45) is 0. The molecule has 0 spiro atoms. The second-order valence-corrected chi connectivity index (χ2v) is 8.39. The number of halogens is 2. The monoisotopic (exact) mass is 358 g/mol. The van der Waals surface area contributed by atoms with Crippen LogP contribution in [0, 0.1) is 30.6 Å². The molecule has 0 amide bonds. The standard InChI is InChI=1S/C17H24BrClO/c1-9-8-11(18)10(2)12(14(9)20-7)13(19)15-16(3,4)17(15,5)6/h8,13,15H,1-7H3. The molecule has 0 heterocycles. The lowest BCUT2D eigenvalue weighted by Gasteiger charge is -2.21. The quantitative estimate of drug-likeness (QED) is 0.598. The van der Waals surface area contributed by atoms with Crippen molar-refractivity contribution in [3.8, 4) is 5.75 Å². The summed E-state index contributed by atoms with van der Waals surface area (Å²) in [4.78, 5) is 0.